The van der Waals surface area contributed by atoms with Gasteiger partial charge in [0.1, 0.15) is 0 Å². The molecule has 0 aliphatic carbocycles. The number of hydrogen-bond donors (Lipinski definition) is 0. The second kappa shape index (κ2) is 24.6. The first-order valence-corrected chi connectivity index (χ1v) is 32.4. The van der Waals surface area contributed by atoms with E-state index in [1.54, 1.807) is 6.07 Å². The number of rotatable bonds is 12. The van der Waals surface area contributed by atoms with Crippen molar-refractivity contribution >= 4 is 49.3 Å². The molecule has 0 amide bonds. The maximum absolute atomic E-state index is 10.9. The quantitative estimate of drug-likeness (QED) is 0.113. The van der Waals surface area contributed by atoms with E-state index >= 15 is 0 Å². The van der Waals surface area contributed by atoms with Gasteiger partial charge >= 0.3 is 0 Å². The van der Waals surface area contributed by atoms with Gasteiger partial charge in [0.05, 0.1) is 51.9 Å². The van der Waals surface area contributed by atoms with E-state index < -0.39 is 0 Å². The zero-order valence-corrected chi connectivity index (χ0v) is 52.8. The molecule has 0 N–H and O–H groups in total. The average Bonchev–Trinajstić information content (AvgIpc) is 1.55. The first kappa shape index (κ1) is 58.0. The maximum atomic E-state index is 10.9. The van der Waals surface area contributed by atoms with Crippen LogP contribution in [0.2, 0.25) is 0 Å². The lowest BCUT2D eigenvalue weighted by molar-refractivity contribution is 1.07. The number of nitrogens with zero attached hydrogens (tertiary/aromatic N) is 8. The fourth-order valence-corrected chi connectivity index (χ4v) is 14.0. The first-order chi connectivity index (χ1) is 48.4. The molecule has 17 aromatic rings. The summed E-state index contributed by atoms with van der Waals surface area (Å²) in [7, 11) is 0. The zero-order valence-electron chi connectivity index (χ0n) is 52.8. The third kappa shape index (κ3) is 10.4. The molecule has 0 radical (unpaired) electrons. The molecule has 0 saturated heterocycles. The molecule has 3 heterocycles. The van der Waals surface area contributed by atoms with Gasteiger partial charge in [-0.05, 0) is 169 Å². The van der Waals surface area contributed by atoms with Crippen LogP contribution in [-0.4, -0.2) is 24.1 Å². The Kier molecular flexibility index (Phi) is 14.5. The highest BCUT2D eigenvalue weighted by atomic mass is 15.0. The van der Waals surface area contributed by atoms with Crippen molar-refractivity contribution in [2.24, 2.45) is 0 Å². The minimum absolute atomic E-state index is 0.360. The molecule has 3 aromatic heterocycles. The Morgan fingerprint density at radius 2 is 0.633 bits per heavy atom. The molecule has 0 spiro atoms. The van der Waals surface area contributed by atoms with Crippen molar-refractivity contribution in [3.8, 4) is 136 Å². The summed E-state index contributed by atoms with van der Waals surface area (Å²) in [6.07, 6.45) is 0. The lowest BCUT2D eigenvalue weighted by Gasteiger charge is -2.18. The molecule has 0 aliphatic heterocycles. The Balaban J connectivity index is 0.944. The van der Waals surface area contributed by atoms with Crippen LogP contribution in [0.1, 0.15) is 11.1 Å². The summed E-state index contributed by atoms with van der Waals surface area (Å²) in [5.74, 6) is 1.11. The fourth-order valence-electron chi connectivity index (χ4n) is 14.0. The van der Waals surface area contributed by atoms with Crippen LogP contribution >= 0.6 is 0 Å². The molecule has 0 fully saturated rings. The van der Waals surface area contributed by atoms with Crippen LogP contribution in [0.4, 0.5) is 5.69 Å². The molecular weight excluding hydrogens is 1190 g/mol. The van der Waals surface area contributed by atoms with E-state index in [0.717, 1.165) is 127 Å². The number of nitriles is 2. The van der Waals surface area contributed by atoms with Gasteiger partial charge in [-0.1, -0.05) is 231 Å². The number of aromatic nitrogens is 5. The summed E-state index contributed by atoms with van der Waals surface area (Å²) in [5, 5.41) is 25.4. The monoisotopic (exact) mass is 1250 g/mol. The van der Waals surface area contributed by atoms with Gasteiger partial charge in [-0.15, -0.1) is 0 Å². The van der Waals surface area contributed by atoms with Gasteiger partial charge in [-0.3, -0.25) is 0 Å². The summed E-state index contributed by atoms with van der Waals surface area (Å²) in [6.45, 7) is 8.57. The summed E-state index contributed by atoms with van der Waals surface area (Å²) < 4.78 is 4.64. The van der Waals surface area contributed by atoms with Crippen molar-refractivity contribution in [1.29, 1.82) is 10.5 Å². The Morgan fingerprint density at radius 3 is 1.08 bits per heavy atom. The predicted octanol–water partition coefficient (Wildman–Crippen LogP) is 23.0. The molecule has 8 heteroatoms. The van der Waals surface area contributed by atoms with Gasteiger partial charge in [0.15, 0.2) is 23.2 Å². The summed E-state index contributed by atoms with van der Waals surface area (Å²) in [5.41, 5.74) is 22.9. The van der Waals surface area contributed by atoms with Crippen molar-refractivity contribution in [3.63, 3.8) is 0 Å². The summed E-state index contributed by atoms with van der Waals surface area (Å²) >= 11 is 0. The van der Waals surface area contributed by atoms with Gasteiger partial charge in [0.2, 0.25) is 0 Å². The van der Waals surface area contributed by atoms with Gasteiger partial charge in [-0.2, -0.15) is 10.5 Å². The lowest BCUT2D eigenvalue weighted by Crippen LogP contribution is -2.04. The first-order valence-electron chi connectivity index (χ1n) is 32.4. The Morgan fingerprint density at radius 1 is 0.265 bits per heavy atom. The standard InChI is InChI=1S/C90H54N8/c1-93-83-35-17-16-34-76(83)75-43-41-72(98-86-46-38-67(61-25-10-4-11-26-61)52-79(86)80-53-68(39-47-87(80)98)62-27-12-5-13-28-62)55-82(75)90-95-88(69-32-19-31-64(49-69)63-30-18-20-58(48-63)56-91)94-89(96-90)81-54-71(40-42-74(81)73-33-15-14-29-70(73)57-92)97-84-44-36-65(59-21-6-2-7-22-59)50-77(84)78-51-66(37-45-85(78)97)60-23-8-3-9-24-60/h2-55H. The predicted molar refractivity (Wildman–Crippen MR) is 399 cm³/mol. The minimum Gasteiger partial charge on any atom is -0.309 e. The highest BCUT2D eigenvalue weighted by molar-refractivity contribution is 6.13. The molecule has 17 rings (SSSR count). The topological polar surface area (TPSA) is 100 Å². The van der Waals surface area contributed by atoms with Crippen molar-refractivity contribution in [1.82, 2.24) is 24.1 Å². The van der Waals surface area contributed by atoms with Crippen LogP contribution in [0.25, 0.3) is 172 Å². The smallest absolute Gasteiger partial charge is 0.194 e. The molecule has 0 unspecified atom stereocenters. The van der Waals surface area contributed by atoms with Gasteiger partial charge < -0.3 is 9.13 Å². The van der Waals surface area contributed by atoms with E-state index in [1.807, 2.05) is 109 Å². The van der Waals surface area contributed by atoms with Crippen LogP contribution in [-0.2, 0) is 0 Å². The fraction of sp³-hybridized carbons (Fsp3) is 0. The highest BCUT2D eigenvalue weighted by Crippen LogP contribution is 2.45. The van der Waals surface area contributed by atoms with Crippen molar-refractivity contribution in [3.05, 3.63) is 350 Å². The zero-order chi connectivity index (χ0) is 65.6. The van der Waals surface area contributed by atoms with Crippen molar-refractivity contribution in [2.75, 3.05) is 0 Å². The van der Waals surface area contributed by atoms with Crippen molar-refractivity contribution in [2.45, 2.75) is 0 Å². The van der Waals surface area contributed by atoms with Crippen LogP contribution in [0.3, 0.4) is 0 Å². The molecule has 0 bridgehead atoms. The Labute approximate surface area is 566 Å². The van der Waals surface area contributed by atoms with E-state index in [0.29, 0.717) is 56.5 Å². The normalized spacial score (nSPS) is 11.2. The largest absolute Gasteiger partial charge is 0.309 e. The number of para-hydroxylation sites is 1. The van der Waals surface area contributed by atoms with Crippen molar-refractivity contribution < 1.29 is 0 Å². The Bertz CT molecular complexity index is 5630. The van der Waals surface area contributed by atoms with E-state index in [-0.39, 0.29) is 0 Å². The maximum Gasteiger partial charge on any atom is 0.194 e. The number of fused-ring (bicyclic) bond motifs is 6. The van der Waals surface area contributed by atoms with E-state index in [9.17, 15) is 10.5 Å². The van der Waals surface area contributed by atoms with Crippen LogP contribution < -0.4 is 0 Å². The molecule has 0 saturated carbocycles. The third-order valence-corrected chi connectivity index (χ3v) is 18.7. The van der Waals surface area contributed by atoms with Crippen LogP contribution in [0.5, 0.6) is 0 Å². The third-order valence-electron chi connectivity index (χ3n) is 18.7. The van der Waals surface area contributed by atoms with Crippen LogP contribution in [0, 0.1) is 29.2 Å². The van der Waals surface area contributed by atoms with E-state index in [2.05, 4.69) is 238 Å². The molecule has 14 aromatic carbocycles. The average molecular weight is 1250 g/mol. The SMILES string of the molecule is [C-]#[N+]c1ccccc1-c1ccc(-n2c3ccc(-c4ccccc4)cc3c3cc(-c4ccccc4)ccc32)cc1-c1nc(-c2cccc(-c3cccc(C#N)c3)c2)nc(-c2cc(-n3c4ccc(-c5ccccc5)cc4c4cc(-c5ccccc5)ccc43)ccc2-c2ccccc2C#N)n1. The van der Waals surface area contributed by atoms with E-state index in [4.69, 9.17) is 21.5 Å². The molecule has 0 aliphatic rings. The minimum atomic E-state index is 0.360. The molecule has 98 heavy (non-hydrogen) atoms. The number of hydrogen-bond acceptors (Lipinski definition) is 5. The van der Waals surface area contributed by atoms with Crippen LogP contribution in [0.15, 0.2) is 328 Å². The molecule has 454 valence electrons. The lowest BCUT2D eigenvalue weighted by atomic mass is 9.94. The Hall–Kier alpha value is -13.8. The summed E-state index contributed by atoms with van der Waals surface area (Å²) in [4.78, 5) is 21.0. The van der Waals surface area contributed by atoms with E-state index in [1.165, 1.54) is 0 Å². The molecular formula is C90H54N8. The van der Waals surface area contributed by atoms with Gasteiger partial charge in [0, 0.05) is 55.2 Å². The van der Waals surface area contributed by atoms with Gasteiger partial charge in [-0.25, -0.2) is 19.8 Å². The second-order valence-corrected chi connectivity index (χ2v) is 24.4. The van der Waals surface area contributed by atoms with Gasteiger partial charge in [0.25, 0.3) is 0 Å². The summed E-state index contributed by atoms with van der Waals surface area (Å²) in [6, 6.07) is 117. The molecule has 0 atom stereocenters. The number of benzene rings is 14. The highest BCUT2D eigenvalue weighted by Gasteiger charge is 2.25. The second-order valence-electron chi connectivity index (χ2n) is 24.4. The molecule has 8 nitrogen and oxygen atoms in total.